The largest absolute Gasteiger partial charge is 0.394 e. The zero-order valence-electron chi connectivity index (χ0n) is 10.9. The first kappa shape index (κ1) is 12.8. The van der Waals surface area contributed by atoms with Crippen LogP contribution in [0.25, 0.3) is 0 Å². The minimum Gasteiger partial charge on any atom is -0.394 e. The maximum atomic E-state index is 12.5. The molecule has 17 heavy (non-hydrogen) atoms. The number of likely N-dealkylation sites (tertiary alicyclic amines) is 1. The third-order valence-corrected chi connectivity index (χ3v) is 4.25. The molecule has 2 aliphatic rings. The molecule has 1 unspecified atom stereocenters. The van der Waals surface area contributed by atoms with Gasteiger partial charge in [-0.3, -0.25) is 4.79 Å². The summed E-state index contributed by atoms with van der Waals surface area (Å²) in [6.45, 7) is 6.15. The van der Waals surface area contributed by atoms with E-state index in [-0.39, 0.29) is 30.0 Å². The first-order valence-electron chi connectivity index (χ1n) is 6.71. The molecule has 2 rings (SSSR count). The molecule has 2 saturated heterocycles. The minimum atomic E-state index is -0.0802. The maximum absolute atomic E-state index is 12.5. The standard InChI is InChI=1S/C13H24N2O2/c1-13(2)6-4-7-14-11(13)12(17)15-8-3-5-10(15)9-16/h10-11,14,16H,3-9H2,1-2H3/t10-,11?/m1/s1. The molecular weight excluding hydrogens is 216 g/mol. The average Bonchev–Trinajstić information content (AvgIpc) is 2.75. The molecule has 0 aliphatic carbocycles. The van der Waals surface area contributed by atoms with Gasteiger partial charge in [-0.15, -0.1) is 0 Å². The predicted octanol–water partition coefficient (Wildman–Crippen LogP) is 0.748. The maximum Gasteiger partial charge on any atom is 0.240 e. The number of piperidine rings is 1. The normalized spacial score (nSPS) is 32.8. The van der Waals surface area contributed by atoms with Gasteiger partial charge in [0, 0.05) is 6.54 Å². The molecular formula is C13H24N2O2. The van der Waals surface area contributed by atoms with Crippen LogP contribution in [0.15, 0.2) is 0 Å². The Bertz CT molecular complexity index is 291. The third-order valence-electron chi connectivity index (χ3n) is 4.25. The summed E-state index contributed by atoms with van der Waals surface area (Å²) in [5.74, 6) is 0.186. The van der Waals surface area contributed by atoms with Gasteiger partial charge in [0.15, 0.2) is 0 Å². The molecule has 2 fully saturated rings. The van der Waals surface area contributed by atoms with Crippen molar-refractivity contribution in [2.45, 2.75) is 51.6 Å². The van der Waals surface area contributed by atoms with Gasteiger partial charge in [0.2, 0.25) is 5.91 Å². The molecule has 0 radical (unpaired) electrons. The molecule has 2 atom stereocenters. The van der Waals surface area contributed by atoms with Crippen LogP contribution >= 0.6 is 0 Å². The first-order chi connectivity index (χ1) is 8.06. The highest BCUT2D eigenvalue weighted by atomic mass is 16.3. The number of aliphatic hydroxyl groups is 1. The van der Waals surface area contributed by atoms with Crippen LogP contribution in [0.2, 0.25) is 0 Å². The smallest absolute Gasteiger partial charge is 0.240 e. The van der Waals surface area contributed by atoms with Crippen molar-refractivity contribution in [2.24, 2.45) is 5.41 Å². The van der Waals surface area contributed by atoms with Gasteiger partial charge < -0.3 is 15.3 Å². The third kappa shape index (κ3) is 2.47. The quantitative estimate of drug-likeness (QED) is 0.749. The van der Waals surface area contributed by atoms with E-state index in [9.17, 15) is 9.90 Å². The summed E-state index contributed by atoms with van der Waals surface area (Å²) in [4.78, 5) is 14.4. The molecule has 0 aromatic heterocycles. The molecule has 0 aromatic carbocycles. The number of hydrogen-bond acceptors (Lipinski definition) is 3. The minimum absolute atomic E-state index is 0.0257. The molecule has 98 valence electrons. The van der Waals surface area contributed by atoms with Gasteiger partial charge in [-0.2, -0.15) is 0 Å². The zero-order chi connectivity index (χ0) is 12.5. The van der Waals surface area contributed by atoms with E-state index in [1.807, 2.05) is 4.90 Å². The highest BCUT2D eigenvalue weighted by molar-refractivity contribution is 5.83. The van der Waals surface area contributed by atoms with Crippen LogP contribution in [0, 0.1) is 5.41 Å². The molecule has 0 saturated carbocycles. The topological polar surface area (TPSA) is 52.6 Å². The number of rotatable bonds is 2. The lowest BCUT2D eigenvalue weighted by molar-refractivity contribution is -0.139. The summed E-state index contributed by atoms with van der Waals surface area (Å²) < 4.78 is 0. The van der Waals surface area contributed by atoms with E-state index in [1.165, 1.54) is 0 Å². The highest BCUT2D eigenvalue weighted by Gasteiger charge is 2.41. The molecule has 2 heterocycles. The van der Waals surface area contributed by atoms with Crippen LogP contribution in [0.1, 0.15) is 39.5 Å². The summed E-state index contributed by atoms with van der Waals surface area (Å²) >= 11 is 0. The number of amides is 1. The fraction of sp³-hybridized carbons (Fsp3) is 0.923. The van der Waals surface area contributed by atoms with Crippen LogP contribution in [0.5, 0.6) is 0 Å². The Labute approximate surface area is 103 Å². The Balaban J connectivity index is 2.08. The van der Waals surface area contributed by atoms with E-state index >= 15 is 0 Å². The number of nitrogens with zero attached hydrogens (tertiary/aromatic N) is 1. The Morgan fingerprint density at radius 2 is 2.24 bits per heavy atom. The van der Waals surface area contributed by atoms with Crippen molar-refractivity contribution >= 4 is 5.91 Å². The van der Waals surface area contributed by atoms with Gasteiger partial charge in [-0.05, 0) is 37.6 Å². The Kier molecular flexibility index (Phi) is 3.73. The second-order valence-electron chi connectivity index (χ2n) is 5.99. The SMILES string of the molecule is CC1(C)CCCNC1C(=O)N1CCC[C@@H]1CO. The zero-order valence-corrected chi connectivity index (χ0v) is 10.9. The van der Waals surface area contributed by atoms with Crippen molar-refractivity contribution in [1.82, 2.24) is 10.2 Å². The molecule has 1 amide bonds. The van der Waals surface area contributed by atoms with Crippen LogP contribution < -0.4 is 5.32 Å². The molecule has 0 aromatic rings. The number of aliphatic hydroxyl groups excluding tert-OH is 1. The number of nitrogens with one attached hydrogen (secondary N) is 1. The fourth-order valence-corrected chi connectivity index (χ4v) is 3.11. The highest BCUT2D eigenvalue weighted by Crippen LogP contribution is 2.32. The van der Waals surface area contributed by atoms with Gasteiger partial charge in [0.25, 0.3) is 0 Å². The summed E-state index contributed by atoms with van der Waals surface area (Å²) in [6, 6.07) is -0.0366. The van der Waals surface area contributed by atoms with Crippen LogP contribution in [0.4, 0.5) is 0 Å². The van der Waals surface area contributed by atoms with Crippen molar-refractivity contribution in [3.63, 3.8) is 0 Å². The Morgan fingerprint density at radius 3 is 2.88 bits per heavy atom. The van der Waals surface area contributed by atoms with E-state index in [0.29, 0.717) is 0 Å². The van der Waals surface area contributed by atoms with Crippen molar-refractivity contribution in [2.75, 3.05) is 19.7 Å². The van der Waals surface area contributed by atoms with E-state index in [1.54, 1.807) is 0 Å². The van der Waals surface area contributed by atoms with Crippen molar-refractivity contribution in [1.29, 1.82) is 0 Å². The van der Waals surface area contributed by atoms with E-state index in [0.717, 1.165) is 38.8 Å². The molecule has 2 aliphatic heterocycles. The first-order valence-corrected chi connectivity index (χ1v) is 6.71. The lowest BCUT2D eigenvalue weighted by atomic mass is 9.77. The van der Waals surface area contributed by atoms with E-state index < -0.39 is 0 Å². The van der Waals surface area contributed by atoms with Gasteiger partial charge in [0.1, 0.15) is 0 Å². The number of hydrogen-bond donors (Lipinski definition) is 2. The Hall–Kier alpha value is -0.610. The fourth-order valence-electron chi connectivity index (χ4n) is 3.11. The van der Waals surface area contributed by atoms with Gasteiger partial charge in [-0.25, -0.2) is 0 Å². The summed E-state index contributed by atoms with van der Waals surface area (Å²) in [5, 5.41) is 12.7. The number of carbonyl (C=O) groups excluding carboxylic acids is 1. The summed E-state index contributed by atoms with van der Waals surface area (Å²) in [6.07, 6.45) is 4.19. The second-order valence-corrected chi connectivity index (χ2v) is 5.99. The Morgan fingerprint density at radius 1 is 1.47 bits per heavy atom. The lowest BCUT2D eigenvalue weighted by Crippen LogP contribution is -2.57. The van der Waals surface area contributed by atoms with Crippen molar-refractivity contribution in [3.8, 4) is 0 Å². The predicted molar refractivity (Wildman–Crippen MR) is 66.6 cm³/mol. The van der Waals surface area contributed by atoms with Gasteiger partial charge in [-0.1, -0.05) is 13.8 Å². The molecule has 0 bridgehead atoms. The molecule has 4 nitrogen and oxygen atoms in total. The summed E-state index contributed by atoms with van der Waals surface area (Å²) in [5.41, 5.74) is 0.0257. The average molecular weight is 240 g/mol. The van der Waals surface area contributed by atoms with Crippen molar-refractivity contribution < 1.29 is 9.90 Å². The van der Waals surface area contributed by atoms with Gasteiger partial charge in [0.05, 0.1) is 18.7 Å². The lowest BCUT2D eigenvalue weighted by Gasteiger charge is -2.41. The monoisotopic (exact) mass is 240 g/mol. The molecule has 0 spiro atoms. The number of carbonyl (C=O) groups is 1. The molecule has 2 N–H and O–H groups in total. The second kappa shape index (κ2) is 4.94. The van der Waals surface area contributed by atoms with Gasteiger partial charge >= 0.3 is 0 Å². The van der Waals surface area contributed by atoms with Crippen LogP contribution in [0.3, 0.4) is 0 Å². The van der Waals surface area contributed by atoms with E-state index in [4.69, 9.17) is 0 Å². The van der Waals surface area contributed by atoms with Crippen molar-refractivity contribution in [3.05, 3.63) is 0 Å². The van der Waals surface area contributed by atoms with Crippen LogP contribution in [-0.2, 0) is 4.79 Å². The summed E-state index contributed by atoms with van der Waals surface area (Å²) in [7, 11) is 0. The molecule has 4 heteroatoms. The van der Waals surface area contributed by atoms with E-state index in [2.05, 4.69) is 19.2 Å². The van der Waals surface area contributed by atoms with Crippen LogP contribution in [-0.4, -0.2) is 47.7 Å².